The van der Waals surface area contributed by atoms with Crippen LogP contribution in [0.3, 0.4) is 0 Å². The molecule has 0 bridgehead atoms. The molecular formula is C11H26N4. The Morgan fingerprint density at radius 1 is 0.867 bits per heavy atom. The lowest BCUT2D eigenvalue weighted by molar-refractivity contribution is 0.253. The Morgan fingerprint density at radius 3 is 1.60 bits per heavy atom. The molecule has 0 aliphatic carbocycles. The van der Waals surface area contributed by atoms with E-state index >= 15 is 0 Å². The predicted molar refractivity (Wildman–Crippen MR) is 65.4 cm³/mol. The molecule has 4 heteroatoms. The first-order valence-electron chi connectivity index (χ1n) is 6.15. The molecule has 0 aromatic rings. The van der Waals surface area contributed by atoms with E-state index in [1.807, 2.05) is 0 Å². The summed E-state index contributed by atoms with van der Waals surface area (Å²) < 4.78 is 0. The first-order chi connectivity index (χ1) is 7.33. The van der Waals surface area contributed by atoms with Crippen molar-refractivity contribution in [2.24, 2.45) is 0 Å². The smallest absolute Gasteiger partial charge is 0.0107 e. The molecule has 2 aliphatic heterocycles. The summed E-state index contributed by atoms with van der Waals surface area (Å²) in [6.45, 7) is 13.0. The molecule has 2 N–H and O–H groups in total. The highest BCUT2D eigenvalue weighted by atomic mass is 15.2. The molecule has 2 aliphatic rings. The van der Waals surface area contributed by atoms with Crippen molar-refractivity contribution in [1.29, 1.82) is 0 Å². The molecule has 2 heterocycles. The van der Waals surface area contributed by atoms with Gasteiger partial charge in [-0.05, 0) is 13.6 Å². The van der Waals surface area contributed by atoms with Crippen molar-refractivity contribution in [3.8, 4) is 0 Å². The molecule has 0 atom stereocenters. The van der Waals surface area contributed by atoms with Gasteiger partial charge in [0.25, 0.3) is 0 Å². The van der Waals surface area contributed by atoms with Crippen LogP contribution in [-0.4, -0.2) is 75.8 Å². The lowest BCUT2D eigenvalue weighted by Gasteiger charge is -2.25. The molecule has 90 valence electrons. The summed E-state index contributed by atoms with van der Waals surface area (Å²) in [5.41, 5.74) is 0. The van der Waals surface area contributed by atoms with E-state index in [-0.39, 0.29) is 0 Å². The zero-order valence-electron chi connectivity index (χ0n) is 10.3. The lowest BCUT2D eigenvalue weighted by Crippen LogP contribution is -2.43. The van der Waals surface area contributed by atoms with Crippen molar-refractivity contribution in [2.45, 2.75) is 6.92 Å². The zero-order valence-corrected chi connectivity index (χ0v) is 10.3. The van der Waals surface area contributed by atoms with Crippen molar-refractivity contribution in [2.75, 3.05) is 66.0 Å². The molecule has 4 nitrogen and oxygen atoms in total. The van der Waals surface area contributed by atoms with Gasteiger partial charge in [0, 0.05) is 52.4 Å². The van der Waals surface area contributed by atoms with Gasteiger partial charge in [-0.1, -0.05) is 6.92 Å². The maximum absolute atomic E-state index is 3.31. The van der Waals surface area contributed by atoms with Gasteiger partial charge in [0.2, 0.25) is 0 Å². The Hall–Kier alpha value is -0.160. The summed E-state index contributed by atoms with van der Waals surface area (Å²) >= 11 is 0. The van der Waals surface area contributed by atoms with Crippen molar-refractivity contribution >= 4 is 0 Å². The van der Waals surface area contributed by atoms with Crippen molar-refractivity contribution in [3.63, 3.8) is 0 Å². The summed E-state index contributed by atoms with van der Waals surface area (Å²) in [6, 6.07) is 0. The second-order valence-electron chi connectivity index (χ2n) is 4.24. The molecule has 0 aromatic carbocycles. The largest absolute Gasteiger partial charge is 0.314 e. The van der Waals surface area contributed by atoms with Crippen LogP contribution < -0.4 is 10.6 Å². The van der Waals surface area contributed by atoms with E-state index in [1.165, 1.54) is 45.8 Å². The highest BCUT2D eigenvalue weighted by Crippen LogP contribution is 1.88. The van der Waals surface area contributed by atoms with Crippen molar-refractivity contribution < 1.29 is 0 Å². The first kappa shape index (κ1) is 12.9. The van der Waals surface area contributed by atoms with Crippen LogP contribution in [0.15, 0.2) is 0 Å². The van der Waals surface area contributed by atoms with Gasteiger partial charge < -0.3 is 20.4 Å². The van der Waals surface area contributed by atoms with Crippen LogP contribution in [0.2, 0.25) is 0 Å². The maximum Gasteiger partial charge on any atom is 0.0107 e. The number of hydrogen-bond acceptors (Lipinski definition) is 4. The minimum atomic E-state index is 1.16. The molecule has 0 spiro atoms. The Kier molecular flexibility index (Phi) is 6.92. The highest BCUT2D eigenvalue weighted by molar-refractivity contribution is 4.64. The summed E-state index contributed by atoms with van der Waals surface area (Å²) in [5.74, 6) is 0. The number of hydrogen-bond donors (Lipinski definition) is 2. The van der Waals surface area contributed by atoms with Crippen LogP contribution in [0.1, 0.15) is 6.92 Å². The maximum atomic E-state index is 3.31. The molecule has 15 heavy (non-hydrogen) atoms. The number of likely N-dealkylation sites (N-methyl/N-ethyl adjacent to an activating group) is 2. The van der Waals surface area contributed by atoms with Gasteiger partial charge in [-0.15, -0.1) is 0 Å². The molecular weight excluding hydrogens is 188 g/mol. The fraction of sp³-hybridized carbons (Fsp3) is 1.00. The summed E-state index contributed by atoms with van der Waals surface area (Å²) in [6.07, 6.45) is 0. The molecule has 0 saturated carbocycles. The average Bonchev–Trinajstić information content (AvgIpc) is 2.32. The Bertz CT molecular complexity index is 140. The number of nitrogens with one attached hydrogen (secondary N) is 2. The van der Waals surface area contributed by atoms with Crippen LogP contribution >= 0.6 is 0 Å². The van der Waals surface area contributed by atoms with Crippen molar-refractivity contribution in [3.05, 3.63) is 0 Å². The molecule has 2 saturated heterocycles. The van der Waals surface area contributed by atoms with E-state index in [2.05, 4.69) is 34.4 Å². The van der Waals surface area contributed by atoms with Gasteiger partial charge in [-0.2, -0.15) is 0 Å². The average molecular weight is 214 g/mol. The predicted octanol–water partition coefficient (Wildman–Crippen LogP) is -0.567. The quantitative estimate of drug-likeness (QED) is 0.612. The van der Waals surface area contributed by atoms with E-state index in [0.29, 0.717) is 0 Å². The Morgan fingerprint density at radius 2 is 1.33 bits per heavy atom. The third kappa shape index (κ3) is 6.10. The molecule has 2 fully saturated rings. The van der Waals surface area contributed by atoms with Gasteiger partial charge in [-0.25, -0.2) is 0 Å². The third-order valence-corrected chi connectivity index (χ3v) is 3.00. The fourth-order valence-corrected chi connectivity index (χ4v) is 1.80. The highest BCUT2D eigenvalue weighted by Gasteiger charge is 2.04. The van der Waals surface area contributed by atoms with Crippen LogP contribution in [-0.2, 0) is 0 Å². The van der Waals surface area contributed by atoms with Crippen LogP contribution in [0, 0.1) is 0 Å². The van der Waals surface area contributed by atoms with Crippen molar-refractivity contribution in [1.82, 2.24) is 20.4 Å². The van der Waals surface area contributed by atoms with Crippen LogP contribution in [0.5, 0.6) is 0 Å². The van der Waals surface area contributed by atoms with Crippen LogP contribution in [0.25, 0.3) is 0 Å². The topological polar surface area (TPSA) is 30.5 Å². The summed E-state index contributed by atoms with van der Waals surface area (Å²) in [4.78, 5) is 4.78. The number of piperazine rings is 2. The number of nitrogens with zero attached hydrogens (tertiary/aromatic N) is 2. The minimum absolute atomic E-state index is 1.16. The van der Waals surface area contributed by atoms with Gasteiger partial charge in [0.1, 0.15) is 0 Å². The van der Waals surface area contributed by atoms with Crippen LogP contribution in [0.4, 0.5) is 0 Å². The second-order valence-corrected chi connectivity index (χ2v) is 4.24. The normalized spacial score (nSPS) is 24.4. The molecule has 0 unspecified atom stereocenters. The fourth-order valence-electron chi connectivity index (χ4n) is 1.80. The molecule has 0 radical (unpaired) electrons. The van der Waals surface area contributed by atoms with E-state index in [4.69, 9.17) is 0 Å². The molecule has 0 aromatic heterocycles. The minimum Gasteiger partial charge on any atom is -0.314 e. The SMILES string of the molecule is CCN1CCNCC1.CN1CCNCC1. The lowest BCUT2D eigenvalue weighted by atomic mass is 10.4. The standard InChI is InChI=1S/C6H14N2.C5H12N2/c1-2-8-5-3-7-4-6-8;1-7-4-2-6-3-5-7/h7H,2-6H2,1H3;6H,2-5H2,1H3. The zero-order chi connectivity index (χ0) is 10.9. The number of rotatable bonds is 1. The third-order valence-electron chi connectivity index (χ3n) is 3.00. The van der Waals surface area contributed by atoms with Gasteiger partial charge in [-0.3, -0.25) is 0 Å². The summed E-state index contributed by atoms with van der Waals surface area (Å²) in [5, 5.41) is 6.58. The van der Waals surface area contributed by atoms with Gasteiger partial charge in [0.05, 0.1) is 0 Å². The Balaban J connectivity index is 0.000000151. The van der Waals surface area contributed by atoms with E-state index < -0.39 is 0 Å². The van der Waals surface area contributed by atoms with Gasteiger partial charge in [0.15, 0.2) is 0 Å². The first-order valence-corrected chi connectivity index (χ1v) is 6.15. The molecule has 2 rings (SSSR count). The van der Waals surface area contributed by atoms with E-state index in [9.17, 15) is 0 Å². The van der Waals surface area contributed by atoms with E-state index in [1.54, 1.807) is 0 Å². The Labute approximate surface area is 94.0 Å². The molecule has 0 amide bonds. The second kappa shape index (κ2) is 8.05. The van der Waals surface area contributed by atoms with E-state index in [0.717, 1.165) is 13.1 Å². The monoisotopic (exact) mass is 214 g/mol. The van der Waals surface area contributed by atoms with Gasteiger partial charge >= 0.3 is 0 Å². The summed E-state index contributed by atoms with van der Waals surface area (Å²) in [7, 11) is 2.15.